The molecule has 3 aromatic carbocycles. The molecule has 6 rings (SSSR count). The van der Waals surface area contributed by atoms with Crippen molar-refractivity contribution in [1.29, 1.82) is 0 Å². The molecular formula is C28H20N6O2. The Hall–Kier alpha value is -5.11. The fraction of sp³-hybridized carbons (Fsp3) is 0.0357. The second-order valence-electron chi connectivity index (χ2n) is 8.15. The van der Waals surface area contributed by atoms with Crippen molar-refractivity contribution in [2.24, 2.45) is 0 Å². The molecule has 0 fully saturated rings. The van der Waals surface area contributed by atoms with E-state index < -0.39 is 0 Å². The van der Waals surface area contributed by atoms with Gasteiger partial charge in [0, 0.05) is 17.4 Å². The number of carbonyl (C=O) groups excluding carboxylic acids is 1. The van der Waals surface area contributed by atoms with E-state index >= 15 is 0 Å². The molecule has 8 nitrogen and oxygen atoms in total. The molecule has 0 unspecified atom stereocenters. The third-order valence-electron chi connectivity index (χ3n) is 5.69. The lowest BCUT2D eigenvalue weighted by molar-refractivity contribution is -0.118. The number of hydrogen-bond acceptors (Lipinski definition) is 6. The van der Waals surface area contributed by atoms with Crippen LogP contribution in [0.3, 0.4) is 0 Å². The van der Waals surface area contributed by atoms with Crippen LogP contribution in [0.25, 0.3) is 39.2 Å². The molecule has 0 saturated carbocycles. The molecule has 6 aromatic rings. The lowest BCUT2D eigenvalue weighted by Gasteiger charge is -2.10. The summed E-state index contributed by atoms with van der Waals surface area (Å²) < 4.78 is 7.38. The second-order valence-corrected chi connectivity index (χ2v) is 8.15. The number of ether oxygens (including phenoxy) is 1. The van der Waals surface area contributed by atoms with Crippen LogP contribution in [0.15, 0.2) is 103 Å². The van der Waals surface area contributed by atoms with Crippen LogP contribution in [-0.2, 0) is 4.79 Å². The predicted octanol–water partition coefficient (Wildman–Crippen LogP) is 5.02. The summed E-state index contributed by atoms with van der Waals surface area (Å²) in [7, 11) is 0. The Morgan fingerprint density at radius 1 is 0.806 bits per heavy atom. The minimum atomic E-state index is -0.250. The van der Waals surface area contributed by atoms with Gasteiger partial charge in [-0.2, -0.15) is 9.61 Å². The molecule has 0 saturated heterocycles. The summed E-state index contributed by atoms with van der Waals surface area (Å²) in [5.74, 6) is 0.954. The van der Waals surface area contributed by atoms with Gasteiger partial charge in [0.05, 0.1) is 5.69 Å². The van der Waals surface area contributed by atoms with Crippen molar-refractivity contribution in [1.82, 2.24) is 24.8 Å². The van der Waals surface area contributed by atoms with Crippen LogP contribution in [0, 0.1) is 0 Å². The van der Waals surface area contributed by atoms with E-state index in [4.69, 9.17) is 9.84 Å². The fourth-order valence-corrected chi connectivity index (χ4v) is 3.96. The van der Waals surface area contributed by atoms with E-state index in [1.165, 1.54) is 0 Å². The maximum Gasteiger partial charge on any atom is 0.262 e. The molecular weight excluding hydrogens is 452 g/mol. The Labute approximate surface area is 206 Å². The lowest BCUT2D eigenvalue weighted by atomic mass is 10.1. The van der Waals surface area contributed by atoms with Crippen molar-refractivity contribution in [3.8, 4) is 28.5 Å². The molecule has 1 amide bonds. The number of amides is 1. The average molecular weight is 473 g/mol. The van der Waals surface area contributed by atoms with Crippen LogP contribution >= 0.6 is 0 Å². The zero-order valence-electron chi connectivity index (χ0n) is 19.1. The van der Waals surface area contributed by atoms with Gasteiger partial charge >= 0.3 is 0 Å². The van der Waals surface area contributed by atoms with Crippen LogP contribution < -0.4 is 10.1 Å². The molecule has 0 spiro atoms. The SMILES string of the molecule is O=C(COc1ccc2ccccc2c1)Nc1cccc(-c2ccc3nnc(-c4ccccn4)n3n2)c1. The summed E-state index contributed by atoms with van der Waals surface area (Å²) >= 11 is 0. The Balaban J connectivity index is 1.18. The summed E-state index contributed by atoms with van der Waals surface area (Å²) in [4.78, 5) is 16.9. The molecule has 36 heavy (non-hydrogen) atoms. The van der Waals surface area contributed by atoms with Gasteiger partial charge in [0.25, 0.3) is 5.91 Å². The van der Waals surface area contributed by atoms with E-state index in [1.54, 1.807) is 10.7 Å². The fourth-order valence-electron chi connectivity index (χ4n) is 3.96. The van der Waals surface area contributed by atoms with Crippen LogP contribution in [0.5, 0.6) is 5.75 Å². The Kier molecular flexibility index (Phi) is 5.51. The largest absolute Gasteiger partial charge is 0.484 e. The normalized spacial score (nSPS) is 11.0. The Morgan fingerprint density at radius 2 is 1.69 bits per heavy atom. The molecule has 0 aliphatic carbocycles. The van der Waals surface area contributed by atoms with Gasteiger partial charge < -0.3 is 10.1 Å². The number of nitrogens with zero attached hydrogens (tertiary/aromatic N) is 5. The third kappa shape index (κ3) is 4.35. The number of carbonyl (C=O) groups is 1. The molecule has 3 aromatic heterocycles. The van der Waals surface area contributed by atoms with Crippen LogP contribution in [0.4, 0.5) is 5.69 Å². The van der Waals surface area contributed by atoms with Crippen molar-refractivity contribution in [3.63, 3.8) is 0 Å². The van der Waals surface area contributed by atoms with Crippen LogP contribution in [-0.4, -0.2) is 37.3 Å². The maximum atomic E-state index is 12.6. The number of pyridine rings is 1. The molecule has 3 heterocycles. The first-order valence-electron chi connectivity index (χ1n) is 11.4. The minimum absolute atomic E-state index is 0.0963. The highest BCUT2D eigenvalue weighted by Crippen LogP contribution is 2.24. The summed E-state index contributed by atoms with van der Waals surface area (Å²) in [5.41, 5.74) is 3.50. The number of hydrogen-bond donors (Lipinski definition) is 1. The third-order valence-corrected chi connectivity index (χ3v) is 5.69. The molecule has 174 valence electrons. The van der Waals surface area contributed by atoms with Crippen molar-refractivity contribution < 1.29 is 9.53 Å². The molecule has 8 heteroatoms. The quantitative estimate of drug-likeness (QED) is 0.366. The average Bonchev–Trinajstić information content (AvgIpc) is 3.36. The molecule has 0 aliphatic heterocycles. The predicted molar refractivity (Wildman–Crippen MR) is 138 cm³/mol. The van der Waals surface area contributed by atoms with E-state index in [9.17, 15) is 4.79 Å². The van der Waals surface area contributed by atoms with Gasteiger partial charge in [-0.3, -0.25) is 9.78 Å². The van der Waals surface area contributed by atoms with Crippen molar-refractivity contribution in [3.05, 3.63) is 103 Å². The highest BCUT2D eigenvalue weighted by Gasteiger charge is 2.12. The number of fused-ring (bicyclic) bond motifs is 2. The first kappa shape index (κ1) is 21.4. The topological polar surface area (TPSA) is 94.3 Å². The summed E-state index contributed by atoms with van der Waals surface area (Å²) in [6.07, 6.45) is 1.70. The van der Waals surface area contributed by atoms with Gasteiger partial charge in [-0.05, 0) is 59.3 Å². The van der Waals surface area contributed by atoms with Gasteiger partial charge in [-0.1, -0.05) is 48.5 Å². The van der Waals surface area contributed by atoms with Crippen LogP contribution in [0.1, 0.15) is 0 Å². The number of benzene rings is 3. The summed E-state index contributed by atoms with van der Waals surface area (Å²) in [5, 5.41) is 18.2. The van der Waals surface area contributed by atoms with E-state index in [1.807, 2.05) is 97.1 Å². The van der Waals surface area contributed by atoms with Crippen molar-refractivity contribution >= 4 is 28.0 Å². The van der Waals surface area contributed by atoms with Gasteiger partial charge in [0.2, 0.25) is 5.82 Å². The second kappa shape index (κ2) is 9.27. The molecule has 0 aliphatic rings. The van der Waals surface area contributed by atoms with Crippen molar-refractivity contribution in [2.45, 2.75) is 0 Å². The first-order valence-corrected chi connectivity index (χ1v) is 11.4. The highest BCUT2D eigenvalue weighted by molar-refractivity contribution is 5.92. The Bertz CT molecular complexity index is 1700. The van der Waals surface area contributed by atoms with Crippen LogP contribution in [0.2, 0.25) is 0 Å². The zero-order chi connectivity index (χ0) is 24.3. The van der Waals surface area contributed by atoms with Gasteiger partial charge in [0.15, 0.2) is 12.3 Å². The number of aromatic nitrogens is 5. The van der Waals surface area contributed by atoms with E-state index in [0.717, 1.165) is 16.3 Å². The molecule has 0 atom stereocenters. The summed E-state index contributed by atoms with van der Waals surface area (Å²) in [6, 6.07) is 30.6. The Morgan fingerprint density at radius 3 is 2.58 bits per heavy atom. The zero-order valence-corrected chi connectivity index (χ0v) is 19.1. The lowest BCUT2D eigenvalue weighted by Crippen LogP contribution is -2.20. The number of nitrogens with one attached hydrogen (secondary N) is 1. The standard InChI is InChI=1S/C28H20N6O2/c35-27(18-36-23-12-11-19-6-1-2-7-20(19)17-23)30-22-9-5-8-21(16-22)24-13-14-26-31-32-28(34(26)33-24)25-10-3-4-15-29-25/h1-17H,18H2,(H,30,35). The highest BCUT2D eigenvalue weighted by atomic mass is 16.5. The number of rotatable bonds is 6. The maximum absolute atomic E-state index is 12.6. The van der Waals surface area contributed by atoms with Crippen molar-refractivity contribution in [2.75, 3.05) is 11.9 Å². The van der Waals surface area contributed by atoms with E-state index in [0.29, 0.717) is 34.3 Å². The minimum Gasteiger partial charge on any atom is -0.484 e. The molecule has 0 bridgehead atoms. The smallest absolute Gasteiger partial charge is 0.262 e. The van der Waals surface area contributed by atoms with Gasteiger partial charge in [-0.15, -0.1) is 10.2 Å². The van der Waals surface area contributed by atoms with Gasteiger partial charge in [0.1, 0.15) is 11.4 Å². The van der Waals surface area contributed by atoms with E-state index in [2.05, 4.69) is 20.5 Å². The number of anilines is 1. The first-order chi connectivity index (χ1) is 17.7. The monoisotopic (exact) mass is 472 g/mol. The molecule has 1 N–H and O–H groups in total. The van der Waals surface area contributed by atoms with Gasteiger partial charge in [-0.25, -0.2) is 0 Å². The molecule has 0 radical (unpaired) electrons. The van der Waals surface area contributed by atoms with E-state index in [-0.39, 0.29) is 12.5 Å². The summed E-state index contributed by atoms with van der Waals surface area (Å²) in [6.45, 7) is -0.0963.